The van der Waals surface area contributed by atoms with E-state index in [4.69, 9.17) is 0 Å². The number of sulfone groups is 1. The molecule has 19 nitrogen and oxygen atoms in total. The van der Waals surface area contributed by atoms with Crippen molar-refractivity contribution in [2.75, 3.05) is 93.8 Å². The lowest BCUT2D eigenvalue weighted by Gasteiger charge is -2.73. The molecule has 2 bridgehead atoms. The first-order chi connectivity index (χ1) is 44.2. The van der Waals surface area contributed by atoms with Crippen LogP contribution >= 0.6 is 11.8 Å². The van der Waals surface area contributed by atoms with Crippen molar-refractivity contribution in [1.82, 2.24) is 29.6 Å². The number of anilines is 3. The zero-order valence-electron chi connectivity index (χ0n) is 53.2. The van der Waals surface area contributed by atoms with Gasteiger partial charge in [-0.3, -0.25) is 43.9 Å². The van der Waals surface area contributed by atoms with Crippen molar-refractivity contribution < 1.29 is 58.8 Å². The second kappa shape index (κ2) is 27.1. The van der Waals surface area contributed by atoms with Gasteiger partial charge in [0.05, 0.1) is 21.7 Å². The third-order valence-corrected chi connectivity index (χ3v) is 24.5. The number of sulfonamides is 1. The van der Waals surface area contributed by atoms with Crippen LogP contribution in [0.1, 0.15) is 142 Å². The number of halogens is 3. The Morgan fingerprint density at radius 2 is 1.52 bits per heavy atom. The Morgan fingerprint density at radius 1 is 0.806 bits per heavy atom. The second-order valence-corrected chi connectivity index (χ2v) is 32.1. The summed E-state index contributed by atoms with van der Waals surface area (Å²) in [5.41, 5.74) is 0.0602. The number of amides is 6. The minimum atomic E-state index is -6.16. The zero-order valence-corrected chi connectivity index (χ0v) is 55.7. The third-order valence-electron chi connectivity index (χ3n) is 20.4. The Labute approximate surface area is 547 Å². The molecule has 4 aromatic carbocycles. The van der Waals surface area contributed by atoms with Crippen LogP contribution in [0.4, 0.5) is 30.2 Å². The summed E-state index contributed by atoms with van der Waals surface area (Å²) in [6.07, 6.45) is 11.6. The van der Waals surface area contributed by atoms with Gasteiger partial charge in [0.25, 0.3) is 37.6 Å². The van der Waals surface area contributed by atoms with E-state index in [-0.39, 0.29) is 47.1 Å². The van der Waals surface area contributed by atoms with Crippen LogP contribution in [0.2, 0.25) is 0 Å². The number of nitrogens with zero attached hydrogens (tertiary/aromatic N) is 5. The number of thioether (sulfide) groups is 1. The highest BCUT2D eigenvalue weighted by Gasteiger charge is 2.68. The number of hydrogen-bond acceptors (Lipinski definition) is 16. The van der Waals surface area contributed by atoms with Crippen molar-refractivity contribution in [3.05, 3.63) is 119 Å². The Morgan fingerprint density at radius 3 is 2.19 bits per heavy atom. The summed E-state index contributed by atoms with van der Waals surface area (Å²) < 4.78 is 100. The molecule has 4 aliphatic heterocycles. The van der Waals surface area contributed by atoms with Gasteiger partial charge < -0.3 is 25.3 Å². The van der Waals surface area contributed by atoms with E-state index in [0.717, 1.165) is 66.8 Å². The first-order valence-corrected chi connectivity index (χ1v) is 36.4. The molecule has 500 valence electrons. The first kappa shape index (κ1) is 67.6. The topological polar surface area (TPSA) is 235 Å². The van der Waals surface area contributed by atoms with Crippen LogP contribution in [0.3, 0.4) is 0 Å². The molecule has 4 aromatic rings. The highest BCUT2D eigenvalue weighted by atomic mass is 32.2. The first-order valence-electron chi connectivity index (χ1n) is 32.5. The standard InChI is InChI=1S/C68H84F3N9O10S3/c1-5-66-42-67(43-66,44-66)53-39-65(2,3)28-24-47(53)40-78-34-36-79(37-35-78)49-18-16-45(17-19-49)60(82)75-93(89,90)51-20-21-54(57(38-51)92(87,88)68(69,70)71)73-48(41-91-50-12-7-6-8-13-50)27-33-77-31-25-46(26-32-77)62(84)76(4)30-10-9-29-72-55-15-11-14-52-59(55)64(86)80(63(52)85)56-22-23-58(81)74-61(56)83/h6-8,11-21,38,46,48,56,72-73H,5,9-10,22-37,39-44H2,1-4H3,(H,75,82)(H,74,81,83)/t48-,56?,66?,67?/m1/s1. The van der Waals surface area contributed by atoms with E-state index in [9.17, 15) is 58.8 Å². The van der Waals surface area contributed by atoms with Crippen LogP contribution in [-0.4, -0.2) is 168 Å². The summed E-state index contributed by atoms with van der Waals surface area (Å²) in [7, 11) is -9.33. The summed E-state index contributed by atoms with van der Waals surface area (Å²) in [4.78, 5) is 86.6. The molecule has 25 heteroatoms. The van der Waals surface area contributed by atoms with Gasteiger partial charge in [0.1, 0.15) is 10.9 Å². The molecule has 6 fully saturated rings. The molecule has 93 heavy (non-hydrogen) atoms. The molecule has 3 saturated carbocycles. The maximum absolute atomic E-state index is 14.6. The molecule has 0 spiro atoms. The van der Waals surface area contributed by atoms with Crippen molar-refractivity contribution in [2.45, 2.75) is 143 Å². The fourth-order valence-corrected chi connectivity index (χ4v) is 18.1. The summed E-state index contributed by atoms with van der Waals surface area (Å²) in [6.45, 7) is 13.8. The Kier molecular flexibility index (Phi) is 19.7. The van der Waals surface area contributed by atoms with Gasteiger partial charge in [-0.05, 0) is 173 Å². The van der Waals surface area contributed by atoms with Crippen molar-refractivity contribution in [2.24, 2.45) is 22.2 Å². The SMILES string of the molecule is CCC12CC(C3=C(CN4CCN(c5ccc(C(=O)NS(=O)(=O)c6ccc(N[C@H](CCN7CCC(C(=O)N(C)CCCCNc8cccc9c8C(=O)N(C8CCC(=O)NC8=O)C9=O)CC7)CSc7ccccc7)c(S(=O)(=O)C(F)(F)F)c6)cc5)CC4)CCC(C)(C)C3)(C1)C2. The number of carbonyl (C=O) groups excluding carboxylic acids is 6. The number of fused-ring (bicyclic) bond motifs is 1. The number of hydrogen-bond donors (Lipinski definition) is 4. The quantitative estimate of drug-likeness (QED) is 0.0209. The van der Waals surface area contributed by atoms with E-state index >= 15 is 0 Å². The lowest BCUT2D eigenvalue weighted by Crippen LogP contribution is -2.63. The van der Waals surface area contributed by atoms with Crippen LogP contribution in [-0.2, 0) is 34.2 Å². The summed E-state index contributed by atoms with van der Waals surface area (Å²) in [5.74, 6) is -3.38. The van der Waals surface area contributed by atoms with Crippen LogP contribution in [0.15, 0.2) is 117 Å². The van der Waals surface area contributed by atoms with E-state index in [1.165, 1.54) is 68.5 Å². The predicted molar refractivity (Wildman–Crippen MR) is 350 cm³/mol. The lowest BCUT2D eigenvalue weighted by molar-refractivity contribution is -0.182. The molecule has 0 aromatic heterocycles. The van der Waals surface area contributed by atoms with Gasteiger partial charge in [-0.15, -0.1) is 11.8 Å². The maximum Gasteiger partial charge on any atom is 0.501 e. The van der Waals surface area contributed by atoms with Crippen molar-refractivity contribution in [1.29, 1.82) is 0 Å². The number of piperidine rings is 2. The molecule has 0 radical (unpaired) electrons. The molecule has 8 aliphatic rings. The fourth-order valence-electron chi connectivity index (χ4n) is 15.0. The number of likely N-dealkylation sites (tertiary alicyclic amines) is 1. The van der Waals surface area contributed by atoms with Gasteiger partial charge >= 0.3 is 5.51 Å². The Hall–Kier alpha value is -6.80. The monoisotopic (exact) mass is 1340 g/mol. The highest BCUT2D eigenvalue weighted by Crippen LogP contribution is 2.79. The van der Waals surface area contributed by atoms with E-state index in [0.29, 0.717) is 92.8 Å². The molecule has 2 atom stereocenters. The van der Waals surface area contributed by atoms with Gasteiger partial charge in [0.15, 0.2) is 0 Å². The predicted octanol–water partition coefficient (Wildman–Crippen LogP) is 9.73. The van der Waals surface area contributed by atoms with Gasteiger partial charge in [-0.25, -0.2) is 21.6 Å². The molecule has 6 amide bonds. The minimum Gasteiger partial charge on any atom is -0.384 e. The van der Waals surface area contributed by atoms with Gasteiger partial charge in [-0.2, -0.15) is 13.2 Å². The van der Waals surface area contributed by atoms with E-state index < -0.39 is 82.5 Å². The number of rotatable bonds is 25. The Balaban J connectivity index is 0.670. The molecule has 4 heterocycles. The van der Waals surface area contributed by atoms with Crippen LogP contribution in [0.25, 0.3) is 0 Å². The van der Waals surface area contributed by atoms with Gasteiger partial charge in [0.2, 0.25) is 17.7 Å². The number of nitrogens with one attached hydrogen (secondary N) is 4. The summed E-state index contributed by atoms with van der Waals surface area (Å²) in [6, 6.07) is 21.3. The number of allylic oxidation sites excluding steroid dienone is 1. The molecule has 4 N–H and O–H groups in total. The van der Waals surface area contributed by atoms with Crippen molar-refractivity contribution >= 4 is 84.1 Å². The number of carbonyl (C=O) groups is 6. The largest absolute Gasteiger partial charge is 0.501 e. The molecular weight excluding hydrogens is 1260 g/mol. The number of alkyl halides is 3. The highest BCUT2D eigenvalue weighted by molar-refractivity contribution is 7.99. The average Bonchev–Trinajstić information content (AvgIpc) is 1.05. The fraction of sp³-hybridized carbons (Fsp3) is 0.529. The van der Waals surface area contributed by atoms with Crippen molar-refractivity contribution in [3.63, 3.8) is 0 Å². The second-order valence-electron chi connectivity index (χ2n) is 27.4. The molecule has 3 saturated heterocycles. The lowest BCUT2D eigenvalue weighted by atomic mass is 9.31. The minimum absolute atomic E-state index is 0.0124. The van der Waals surface area contributed by atoms with Crippen LogP contribution in [0, 0.1) is 22.2 Å². The van der Waals surface area contributed by atoms with E-state index in [1.54, 1.807) is 47.4 Å². The summed E-state index contributed by atoms with van der Waals surface area (Å²) >= 11 is 1.41. The van der Waals surface area contributed by atoms with Gasteiger partial charge in [0, 0.05) is 105 Å². The maximum atomic E-state index is 14.6. The third kappa shape index (κ3) is 14.6. The van der Waals surface area contributed by atoms with E-state index in [1.807, 2.05) is 35.1 Å². The van der Waals surface area contributed by atoms with Crippen molar-refractivity contribution in [3.8, 4) is 0 Å². The normalized spacial score (nSPS) is 23.2. The number of imide groups is 2. The smallest absolute Gasteiger partial charge is 0.384 e. The number of piperazine rings is 1. The Bertz CT molecular complexity index is 3780. The molecule has 12 rings (SSSR count). The number of benzene rings is 4. The number of unbranched alkanes of at least 4 members (excludes halogenated alkanes) is 1. The van der Waals surface area contributed by atoms with Gasteiger partial charge in [-0.1, -0.05) is 62.6 Å². The molecular formula is C68H84F3N9O10S3. The van der Waals surface area contributed by atoms with Crippen LogP contribution in [0.5, 0.6) is 0 Å². The molecule has 4 aliphatic carbocycles. The van der Waals surface area contributed by atoms with Crippen LogP contribution < -0.4 is 25.6 Å². The van der Waals surface area contributed by atoms with E-state index in [2.05, 4.69) is 51.4 Å². The molecule has 1 unspecified atom stereocenters. The average molecular weight is 1340 g/mol. The summed E-state index contributed by atoms with van der Waals surface area (Å²) in [5, 5.41) is 8.46. The zero-order chi connectivity index (χ0) is 66.3.